The molecule has 1 atom stereocenters. The highest BCUT2D eigenvalue weighted by molar-refractivity contribution is 7.09. The van der Waals surface area contributed by atoms with Crippen molar-refractivity contribution in [3.05, 3.63) is 58.3 Å². The van der Waals surface area contributed by atoms with E-state index in [0.717, 1.165) is 18.5 Å². The number of hydrogen-bond donors (Lipinski definition) is 3. The molecule has 2 rings (SSSR count). The first-order valence-corrected chi connectivity index (χ1v) is 8.58. The van der Waals surface area contributed by atoms with Gasteiger partial charge in [-0.15, -0.1) is 11.3 Å². The molecule has 0 aliphatic rings. The summed E-state index contributed by atoms with van der Waals surface area (Å²) in [7, 11) is 0. The Kier molecular flexibility index (Phi) is 6.77. The molecule has 1 heterocycles. The maximum atomic E-state index is 12.4. The fourth-order valence-corrected chi connectivity index (χ4v) is 3.02. The normalized spacial score (nSPS) is 11.7. The third-order valence-corrected chi connectivity index (χ3v) is 4.32. The van der Waals surface area contributed by atoms with E-state index in [0.29, 0.717) is 6.54 Å². The van der Waals surface area contributed by atoms with E-state index >= 15 is 0 Å². The minimum Gasteiger partial charge on any atom is -0.338 e. The van der Waals surface area contributed by atoms with Crippen molar-refractivity contribution in [2.75, 3.05) is 13.1 Å². The summed E-state index contributed by atoms with van der Waals surface area (Å²) in [6, 6.07) is 12.7. The van der Waals surface area contributed by atoms with Crippen LogP contribution < -0.4 is 16.0 Å². The van der Waals surface area contributed by atoms with Gasteiger partial charge >= 0.3 is 6.03 Å². The summed E-state index contributed by atoms with van der Waals surface area (Å²) in [5.41, 5.74) is 0.889. The fourth-order valence-electron chi connectivity index (χ4n) is 2.30. The van der Waals surface area contributed by atoms with Crippen LogP contribution in [0, 0.1) is 0 Å². The highest BCUT2D eigenvalue weighted by Crippen LogP contribution is 2.10. The van der Waals surface area contributed by atoms with Gasteiger partial charge in [-0.05, 0) is 18.4 Å². The molecule has 23 heavy (non-hydrogen) atoms. The van der Waals surface area contributed by atoms with Gasteiger partial charge in [-0.3, -0.25) is 10.1 Å². The zero-order valence-corrected chi connectivity index (χ0v) is 13.9. The van der Waals surface area contributed by atoms with Gasteiger partial charge in [0.2, 0.25) is 0 Å². The van der Waals surface area contributed by atoms with E-state index in [2.05, 4.69) is 16.7 Å². The van der Waals surface area contributed by atoms with E-state index in [1.807, 2.05) is 54.0 Å². The molecule has 2 aromatic rings. The van der Waals surface area contributed by atoms with Crippen LogP contribution in [0.4, 0.5) is 4.79 Å². The first-order chi connectivity index (χ1) is 11.2. The monoisotopic (exact) mass is 332 g/mol. The van der Waals surface area contributed by atoms with Gasteiger partial charge in [0.15, 0.2) is 6.04 Å². The van der Waals surface area contributed by atoms with Crippen LogP contribution in [0.1, 0.15) is 23.4 Å². The number of nitrogens with two attached hydrogens (primary N) is 1. The lowest BCUT2D eigenvalue weighted by Gasteiger charge is -2.15. The van der Waals surface area contributed by atoms with Gasteiger partial charge in [-0.1, -0.05) is 36.4 Å². The number of imide groups is 1. The van der Waals surface area contributed by atoms with E-state index in [-0.39, 0.29) is 5.91 Å². The van der Waals surface area contributed by atoms with Crippen LogP contribution in [0.2, 0.25) is 0 Å². The Morgan fingerprint density at radius 2 is 1.96 bits per heavy atom. The van der Waals surface area contributed by atoms with Crippen LogP contribution in [0.15, 0.2) is 47.8 Å². The average molecular weight is 332 g/mol. The standard InChI is InChI=1S/C17H21N3O2S/c1-2-18-17(22)20-16(21)15(13-7-4-3-5-8-13)19-11-10-14-9-6-12-23-14/h3-9,12,15,19H,2,10-11H2,1H3,(H2,18,20,21,22)/p+1/t15-/m1/s1. The molecule has 3 amide bonds. The zero-order chi connectivity index (χ0) is 16.5. The second-order valence-corrected chi connectivity index (χ2v) is 6.12. The van der Waals surface area contributed by atoms with Gasteiger partial charge in [0.1, 0.15) is 0 Å². The molecular formula is C17H22N3O2S+. The molecule has 122 valence electrons. The molecule has 1 aromatic heterocycles. The molecule has 0 fully saturated rings. The summed E-state index contributed by atoms with van der Waals surface area (Å²) in [6.07, 6.45) is 0.898. The van der Waals surface area contributed by atoms with Crippen molar-refractivity contribution >= 4 is 23.3 Å². The highest BCUT2D eigenvalue weighted by Gasteiger charge is 2.25. The predicted octanol–water partition coefficient (Wildman–Crippen LogP) is 1.44. The molecular weight excluding hydrogens is 310 g/mol. The number of quaternary nitrogens is 1. The molecule has 5 nitrogen and oxygen atoms in total. The first-order valence-electron chi connectivity index (χ1n) is 7.70. The average Bonchev–Trinajstić information content (AvgIpc) is 3.06. The van der Waals surface area contributed by atoms with Gasteiger partial charge < -0.3 is 10.6 Å². The molecule has 0 bridgehead atoms. The molecule has 0 saturated carbocycles. The molecule has 0 aliphatic carbocycles. The molecule has 6 heteroatoms. The predicted molar refractivity (Wildman–Crippen MR) is 91.2 cm³/mol. The Morgan fingerprint density at radius 3 is 2.61 bits per heavy atom. The van der Waals surface area contributed by atoms with E-state index in [9.17, 15) is 9.59 Å². The fraction of sp³-hybridized carbons (Fsp3) is 0.294. The van der Waals surface area contributed by atoms with E-state index < -0.39 is 12.1 Å². The summed E-state index contributed by atoms with van der Waals surface area (Å²) in [5.74, 6) is -0.298. The number of urea groups is 1. The van der Waals surface area contributed by atoms with E-state index in [1.54, 1.807) is 11.3 Å². The number of thiophene rings is 1. The number of carbonyl (C=O) groups is 2. The quantitative estimate of drug-likeness (QED) is 0.718. The van der Waals surface area contributed by atoms with Crippen LogP contribution in [0.25, 0.3) is 0 Å². The molecule has 0 radical (unpaired) electrons. The largest absolute Gasteiger partial charge is 0.338 e. The van der Waals surface area contributed by atoms with Gasteiger partial charge in [-0.25, -0.2) is 4.79 Å². The lowest BCUT2D eigenvalue weighted by Crippen LogP contribution is -2.88. The van der Waals surface area contributed by atoms with Crippen molar-refractivity contribution in [2.24, 2.45) is 0 Å². The molecule has 0 aliphatic heterocycles. The first kappa shape index (κ1) is 17.2. The third-order valence-electron chi connectivity index (χ3n) is 3.39. The Hall–Kier alpha value is -2.18. The van der Waals surface area contributed by atoms with Crippen molar-refractivity contribution in [1.29, 1.82) is 0 Å². The van der Waals surface area contributed by atoms with E-state index in [4.69, 9.17) is 0 Å². The van der Waals surface area contributed by atoms with Gasteiger partial charge in [0.05, 0.1) is 6.54 Å². The Bertz CT molecular complexity index is 614. The number of benzene rings is 1. The highest BCUT2D eigenvalue weighted by atomic mass is 32.1. The van der Waals surface area contributed by atoms with Crippen LogP contribution in [-0.4, -0.2) is 25.0 Å². The number of hydrogen-bond acceptors (Lipinski definition) is 3. The van der Waals surface area contributed by atoms with Crippen LogP contribution >= 0.6 is 11.3 Å². The van der Waals surface area contributed by atoms with Gasteiger partial charge in [-0.2, -0.15) is 0 Å². The lowest BCUT2D eigenvalue weighted by molar-refractivity contribution is -0.682. The second-order valence-electron chi connectivity index (χ2n) is 5.09. The third kappa shape index (κ3) is 5.50. The minimum atomic E-state index is -0.454. The smallest absolute Gasteiger partial charge is 0.321 e. The topological polar surface area (TPSA) is 74.8 Å². The van der Waals surface area contributed by atoms with Gasteiger partial charge in [0.25, 0.3) is 5.91 Å². The van der Waals surface area contributed by atoms with Crippen LogP contribution in [0.5, 0.6) is 0 Å². The number of nitrogens with one attached hydrogen (secondary N) is 2. The number of carbonyl (C=O) groups excluding carboxylic acids is 2. The summed E-state index contributed by atoms with van der Waals surface area (Å²) in [4.78, 5) is 25.3. The summed E-state index contributed by atoms with van der Waals surface area (Å²) < 4.78 is 0. The van der Waals surface area contributed by atoms with E-state index in [1.165, 1.54) is 4.88 Å². The minimum absolute atomic E-state index is 0.298. The summed E-state index contributed by atoms with van der Waals surface area (Å²) in [6.45, 7) is 3.08. The van der Waals surface area contributed by atoms with Gasteiger partial charge in [0, 0.05) is 23.4 Å². The molecule has 0 spiro atoms. The lowest BCUT2D eigenvalue weighted by atomic mass is 10.1. The Labute approximate surface area is 140 Å². The second kappa shape index (κ2) is 9.07. The number of rotatable bonds is 7. The van der Waals surface area contributed by atoms with Crippen molar-refractivity contribution in [2.45, 2.75) is 19.4 Å². The summed E-state index contributed by atoms with van der Waals surface area (Å²) in [5, 5.41) is 9.01. The number of amides is 3. The molecule has 0 unspecified atom stereocenters. The molecule has 0 saturated heterocycles. The Morgan fingerprint density at radius 1 is 1.17 bits per heavy atom. The molecule has 1 aromatic carbocycles. The zero-order valence-electron chi connectivity index (χ0n) is 13.1. The SMILES string of the molecule is CCNC(=O)NC(=O)[C@H]([NH2+]CCc1cccs1)c1ccccc1. The van der Waals surface area contributed by atoms with Crippen molar-refractivity contribution in [1.82, 2.24) is 10.6 Å². The van der Waals surface area contributed by atoms with Crippen molar-refractivity contribution < 1.29 is 14.9 Å². The van der Waals surface area contributed by atoms with Crippen LogP contribution in [0.3, 0.4) is 0 Å². The van der Waals surface area contributed by atoms with Crippen molar-refractivity contribution in [3.63, 3.8) is 0 Å². The Balaban J connectivity index is 1.99. The van der Waals surface area contributed by atoms with Crippen molar-refractivity contribution in [3.8, 4) is 0 Å². The maximum Gasteiger partial charge on any atom is 0.321 e. The molecule has 4 N–H and O–H groups in total. The summed E-state index contributed by atoms with van der Waals surface area (Å²) >= 11 is 1.71. The van der Waals surface area contributed by atoms with Crippen LogP contribution in [-0.2, 0) is 11.2 Å². The maximum absolute atomic E-state index is 12.4.